The maximum absolute atomic E-state index is 4.21. The lowest BCUT2D eigenvalue weighted by Crippen LogP contribution is -1.93. The van der Waals surface area contributed by atoms with Gasteiger partial charge in [0.25, 0.3) is 0 Å². The molecule has 15 heavy (non-hydrogen) atoms. The Balaban J connectivity index is 2.22. The molecule has 0 atom stereocenters. The molecule has 1 aromatic heterocycles. The molecule has 3 rings (SSSR count). The predicted octanol–water partition coefficient (Wildman–Crippen LogP) is 3.03. The zero-order valence-corrected chi connectivity index (χ0v) is 8.17. The molecule has 0 saturated carbocycles. The Bertz CT molecular complexity index is 582. The molecule has 3 aromatic rings. The summed E-state index contributed by atoms with van der Waals surface area (Å²) in [6, 6.07) is 16.6. The molecule has 2 heteroatoms. The van der Waals surface area contributed by atoms with Crippen LogP contribution in [0.25, 0.3) is 16.5 Å². The van der Waals surface area contributed by atoms with E-state index in [9.17, 15) is 0 Å². The summed E-state index contributed by atoms with van der Waals surface area (Å²) in [4.78, 5) is 0. The van der Waals surface area contributed by atoms with Gasteiger partial charge in [-0.05, 0) is 29.0 Å². The zero-order chi connectivity index (χ0) is 10.1. The summed E-state index contributed by atoms with van der Waals surface area (Å²) in [5.41, 5.74) is 1.10. The monoisotopic (exact) mass is 194 g/mol. The molecule has 1 heterocycles. The van der Waals surface area contributed by atoms with E-state index in [4.69, 9.17) is 0 Å². The standard InChI is InChI=1S/C13H10N2/c1-2-5-12-10-13(7-6-11(12)4-1)15-9-3-8-14-15/h1-10H. The molecule has 0 aliphatic heterocycles. The van der Waals surface area contributed by atoms with Crippen LogP contribution in [0.4, 0.5) is 0 Å². The molecule has 0 radical (unpaired) electrons. The molecule has 0 bridgehead atoms. The Morgan fingerprint density at radius 2 is 1.73 bits per heavy atom. The summed E-state index contributed by atoms with van der Waals surface area (Å²) in [6.45, 7) is 0. The molecule has 0 fully saturated rings. The highest BCUT2D eigenvalue weighted by atomic mass is 15.3. The van der Waals surface area contributed by atoms with Crippen molar-refractivity contribution in [1.82, 2.24) is 9.78 Å². The van der Waals surface area contributed by atoms with Crippen molar-refractivity contribution >= 4 is 10.8 Å². The van der Waals surface area contributed by atoms with Crippen LogP contribution in [0.5, 0.6) is 0 Å². The molecule has 0 amide bonds. The van der Waals surface area contributed by atoms with Gasteiger partial charge in [0.2, 0.25) is 0 Å². The van der Waals surface area contributed by atoms with Crippen molar-refractivity contribution in [3.63, 3.8) is 0 Å². The third kappa shape index (κ3) is 1.40. The molecule has 0 aliphatic carbocycles. The number of nitrogens with zero attached hydrogens (tertiary/aromatic N) is 2. The molecule has 2 nitrogen and oxygen atoms in total. The number of hydrogen-bond donors (Lipinski definition) is 0. The van der Waals surface area contributed by atoms with Gasteiger partial charge in [-0.3, -0.25) is 0 Å². The van der Waals surface area contributed by atoms with Crippen LogP contribution in [0, 0.1) is 0 Å². The van der Waals surface area contributed by atoms with Gasteiger partial charge in [-0.1, -0.05) is 30.3 Å². The summed E-state index contributed by atoms with van der Waals surface area (Å²) >= 11 is 0. The lowest BCUT2D eigenvalue weighted by atomic mass is 10.1. The fourth-order valence-electron chi connectivity index (χ4n) is 1.74. The van der Waals surface area contributed by atoms with Crippen molar-refractivity contribution in [3.8, 4) is 5.69 Å². The van der Waals surface area contributed by atoms with Crippen molar-refractivity contribution in [2.24, 2.45) is 0 Å². The molecule has 2 aromatic carbocycles. The highest BCUT2D eigenvalue weighted by Gasteiger charge is 1.97. The van der Waals surface area contributed by atoms with Gasteiger partial charge in [0, 0.05) is 12.4 Å². The van der Waals surface area contributed by atoms with E-state index in [-0.39, 0.29) is 0 Å². The van der Waals surface area contributed by atoms with Crippen LogP contribution in [-0.4, -0.2) is 9.78 Å². The summed E-state index contributed by atoms with van der Waals surface area (Å²) in [5.74, 6) is 0. The average Bonchev–Trinajstić information content (AvgIpc) is 2.82. The molecule has 0 saturated heterocycles. The zero-order valence-electron chi connectivity index (χ0n) is 8.17. The summed E-state index contributed by atoms with van der Waals surface area (Å²) in [5, 5.41) is 6.71. The quantitative estimate of drug-likeness (QED) is 0.582. The fourth-order valence-corrected chi connectivity index (χ4v) is 1.74. The topological polar surface area (TPSA) is 17.8 Å². The van der Waals surface area contributed by atoms with Gasteiger partial charge in [-0.15, -0.1) is 0 Å². The van der Waals surface area contributed by atoms with Crippen LogP contribution >= 0.6 is 0 Å². The highest BCUT2D eigenvalue weighted by molar-refractivity contribution is 5.84. The minimum absolute atomic E-state index is 1.10. The lowest BCUT2D eigenvalue weighted by molar-refractivity contribution is 0.882. The first-order valence-corrected chi connectivity index (χ1v) is 4.92. The Labute approximate surface area is 87.8 Å². The Morgan fingerprint density at radius 1 is 0.867 bits per heavy atom. The Kier molecular flexibility index (Phi) is 1.78. The second-order valence-electron chi connectivity index (χ2n) is 3.48. The van der Waals surface area contributed by atoms with Crippen molar-refractivity contribution in [2.75, 3.05) is 0 Å². The molecule has 72 valence electrons. The molecular weight excluding hydrogens is 184 g/mol. The third-order valence-corrected chi connectivity index (χ3v) is 2.50. The number of fused-ring (bicyclic) bond motifs is 1. The first kappa shape index (κ1) is 8.24. The number of rotatable bonds is 1. The summed E-state index contributed by atoms with van der Waals surface area (Å²) < 4.78 is 1.87. The number of hydrogen-bond acceptors (Lipinski definition) is 1. The van der Waals surface area contributed by atoms with E-state index in [2.05, 4.69) is 47.6 Å². The van der Waals surface area contributed by atoms with Crippen LogP contribution in [0.3, 0.4) is 0 Å². The smallest absolute Gasteiger partial charge is 0.0651 e. The van der Waals surface area contributed by atoms with Gasteiger partial charge in [0.15, 0.2) is 0 Å². The molecule has 0 aliphatic rings. The van der Waals surface area contributed by atoms with Gasteiger partial charge < -0.3 is 0 Å². The van der Waals surface area contributed by atoms with Gasteiger partial charge in [-0.2, -0.15) is 5.10 Å². The molecule has 0 unspecified atom stereocenters. The average molecular weight is 194 g/mol. The minimum atomic E-state index is 1.10. The summed E-state index contributed by atoms with van der Waals surface area (Å²) in [7, 11) is 0. The first-order chi connectivity index (χ1) is 7.43. The van der Waals surface area contributed by atoms with E-state index < -0.39 is 0 Å². The number of benzene rings is 2. The van der Waals surface area contributed by atoms with Gasteiger partial charge in [-0.25, -0.2) is 4.68 Å². The van der Waals surface area contributed by atoms with Crippen LogP contribution < -0.4 is 0 Å². The SMILES string of the molecule is c1ccc2cc(-n3cccn3)ccc2c1. The van der Waals surface area contributed by atoms with Gasteiger partial charge in [0.1, 0.15) is 0 Å². The minimum Gasteiger partial charge on any atom is -0.241 e. The van der Waals surface area contributed by atoms with Crippen molar-refractivity contribution in [1.29, 1.82) is 0 Å². The Morgan fingerprint density at radius 3 is 2.53 bits per heavy atom. The predicted molar refractivity (Wildman–Crippen MR) is 61.1 cm³/mol. The van der Waals surface area contributed by atoms with Crippen molar-refractivity contribution < 1.29 is 0 Å². The Hall–Kier alpha value is -2.09. The normalized spacial score (nSPS) is 10.7. The van der Waals surface area contributed by atoms with Crippen LogP contribution in [0.15, 0.2) is 60.9 Å². The highest BCUT2D eigenvalue weighted by Crippen LogP contribution is 2.17. The largest absolute Gasteiger partial charge is 0.241 e. The maximum Gasteiger partial charge on any atom is 0.0651 e. The molecule has 0 spiro atoms. The van der Waals surface area contributed by atoms with Crippen molar-refractivity contribution in [3.05, 3.63) is 60.9 Å². The third-order valence-electron chi connectivity index (χ3n) is 2.50. The van der Waals surface area contributed by atoms with E-state index in [1.165, 1.54) is 10.8 Å². The van der Waals surface area contributed by atoms with Crippen molar-refractivity contribution in [2.45, 2.75) is 0 Å². The van der Waals surface area contributed by atoms with Crippen LogP contribution in [0.2, 0.25) is 0 Å². The fraction of sp³-hybridized carbons (Fsp3) is 0. The van der Waals surface area contributed by atoms with Crippen LogP contribution in [0.1, 0.15) is 0 Å². The first-order valence-electron chi connectivity index (χ1n) is 4.92. The van der Waals surface area contributed by atoms with Gasteiger partial charge in [0.05, 0.1) is 5.69 Å². The second-order valence-corrected chi connectivity index (χ2v) is 3.48. The van der Waals surface area contributed by atoms with E-state index >= 15 is 0 Å². The maximum atomic E-state index is 4.21. The second kappa shape index (κ2) is 3.24. The van der Waals surface area contributed by atoms with E-state index in [0.717, 1.165) is 5.69 Å². The van der Waals surface area contributed by atoms with E-state index in [1.54, 1.807) is 6.20 Å². The lowest BCUT2D eigenvalue weighted by Gasteiger charge is -2.03. The van der Waals surface area contributed by atoms with Crippen LogP contribution in [-0.2, 0) is 0 Å². The number of aromatic nitrogens is 2. The van der Waals surface area contributed by atoms with Gasteiger partial charge >= 0.3 is 0 Å². The molecular formula is C13H10N2. The molecule has 0 N–H and O–H groups in total. The van der Waals surface area contributed by atoms with E-state index in [0.29, 0.717) is 0 Å². The van der Waals surface area contributed by atoms with E-state index in [1.807, 2.05) is 16.9 Å². The summed E-state index contributed by atoms with van der Waals surface area (Å²) in [6.07, 6.45) is 3.74.